The van der Waals surface area contributed by atoms with E-state index in [1.54, 1.807) is 41.5 Å². The lowest BCUT2D eigenvalue weighted by atomic mass is 10.1. The summed E-state index contributed by atoms with van der Waals surface area (Å²) in [6.45, 7) is 0.624. The molecule has 2 aromatic carbocycles. The molecule has 0 saturated heterocycles. The summed E-state index contributed by atoms with van der Waals surface area (Å²) >= 11 is 1.62. The maximum atomic E-state index is 12.6. The lowest BCUT2D eigenvalue weighted by Gasteiger charge is -2.08. The van der Waals surface area contributed by atoms with E-state index in [1.165, 1.54) is 12.3 Å². The second kappa shape index (κ2) is 7.89. The Morgan fingerprint density at radius 3 is 2.47 bits per heavy atom. The smallest absolute Gasteiger partial charge is 0.279 e. The molecule has 0 aliphatic carbocycles. The molecule has 32 heavy (non-hydrogen) atoms. The van der Waals surface area contributed by atoms with Crippen LogP contribution in [0.1, 0.15) is 15.9 Å². The van der Waals surface area contributed by atoms with Gasteiger partial charge >= 0.3 is 0 Å². The van der Waals surface area contributed by atoms with Crippen molar-refractivity contribution in [3.8, 4) is 20.9 Å². The first-order chi connectivity index (χ1) is 15.4. The zero-order valence-electron chi connectivity index (χ0n) is 17.1. The molecule has 0 spiro atoms. The molecule has 0 bridgehead atoms. The lowest BCUT2D eigenvalue weighted by Crippen LogP contribution is -2.17. The first-order valence-corrected chi connectivity index (χ1v) is 12.2. The maximum absolute atomic E-state index is 12.6. The number of rotatable bonds is 5. The van der Waals surface area contributed by atoms with Crippen molar-refractivity contribution in [3.63, 3.8) is 0 Å². The van der Waals surface area contributed by atoms with E-state index in [4.69, 9.17) is 0 Å². The minimum absolute atomic E-state index is 0.0236. The highest BCUT2D eigenvalue weighted by Gasteiger charge is 2.24. The van der Waals surface area contributed by atoms with Gasteiger partial charge in [0.25, 0.3) is 15.9 Å². The van der Waals surface area contributed by atoms with Crippen LogP contribution in [0.4, 0.5) is 5.69 Å². The van der Waals surface area contributed by atoms with Crippen LogP contribution in [-0.4, -0.2) is 31.3 Å². The van der Waals surface area contributed by atoms with Crippen molar-refractivity contribution in [3.05, 3.63) is 90.1 Å². The second-order valence-electron chi connectivity index (χ2n) is 7.55. The summed E-state index contributed by atoms with van der Waals surface area (Å²) in [6.07, 6.45) is 1.45. The van der Waals surface area contributed by atoms with Crippen molar-refractivity contribution < 1.29 is 13.2 Å². The van der Waals surface area contributed by atoms with Crippen molar-refractivity contribution in [2.24, 2.45) is 0 Å². The number of nitrogens with one attached hydrogen (secondary N) is 1. The van der Waals surface area contributed by atoms with E-state index >= 15 is 0 Å². The van der Waals surface area contributed by atoms with Gasteiger partial charge in [-0.3, -0.25) is 9.52 Å². The molecule has 1 amide bonds. The number of fused-ring (bicyclic) bond motifs is 1. The largest absolute Gasteiger partial charge is 0.337 e. The highest BCUT2D eigenvalue weighted by molar-refractivity contribution is 7.92. The first-order valence-electron chi connectivity index (χ1n) is 9.94. The molecule has 5 rings (SSSR count). The zero-order chi connectivity index (χ0) is 22.3. The van der Waals surface area contributed by atoms with Gasteiger partial charge in [-0.2, -0.15) is 8.42 Å². The minimum Gasteiger partial charge on any atom is -0.337 e. The fourth-order valence-corrected chi connectivity index (χ4v) is 5.71. The Hall–Kier alpha value is -3.49. The fraction of sp³-hybridized carbons (Fsp3) is 0.0833. The third kappa shape index (κ3) is 3.79. The molecule has 1 aliphatic heterocycles. The first kappa shape index (κ1) is 20.4. The molecule has 8 heteroatoms. The number of thiophene rings is 1. The highest BCUT2D eigenvalue weighted by atomic mass is 32.2. The van der Waals surface area contributed by atoms with Crippen LogP contribution in [0.2, 0.25) is 0 Å². The van der Waals surface area contributed by atoms with Crippen LogP contribution in [0.15, 0.2) is 84.0 Å². The normalized spacial score (nSPS) is 13.3. The summed E-state index contributed by atoms with van der Waals surface area (Å²) in [5, 5.41) is -0.0236. The van der Waals surface area contributed by atoms with Gasteiger partial charge in [0, 0.05) is 40.8 Å². The third-order valence-corrected chi connectivity index (χ3v) is 7.77. The molecular weight excluding hydrogens is 442 g/mol. The second-order valence-corrected chi connectivity index (χ2v) is 10.3. The number of hydrogen-bond donors (Lipinski definition) is 1. The van der Waals surface area contributed by atoms with E-state index in [-0.39, 0.29) is 10.9 Å². The minimum atomic E-state index is -3.75. The summed E-state index contributed by atoms with van der Waals surface area (Å²) in [5.74, 6) is 0.0587. The number of carbonyl (C=O) groups is 1. The fourth-order valence-electron chi connectivity index (χ4n) is 3.72. The predicted octanol–water partition coefficient (Wildman–Crippen LogP) is 4.86. The summed E-state index contributed by atoms with van der Waals surface area (Å²) in [4.78, 5) is 19.9. The predicted molar refractivity (Wildman–Crippen MR) is 126 cm³/mol. The van der Waals surface area contributed by atoms with Gasteiger partial charge < -0.3 is 4.90 Å². The molecule has 0 radical (unpaired) electrons. The van der Waals surface area contributed by atoms with Crippen LogP contribution in [0, 0.1) is 0 Å². The van der Waals surface area contributed by atoms with Crippen LogP contribution in [0.3, 0.4) is 0 Å². The van der Waals surface area contributed by atoms with Gasteiger partial charge in [-0.15, -0.1) is 11.3 Å². The van der Waals surface area contributed by atoms with E-state index in [9.17, 15) is 13.2 Å². The summed E-state index contributed by atoms with van der Waals surface area (Å²) in [6, 6.07) is 22.1. The molecule has 2 aromatic heterocycles. The third-order valence-electron chi connectivity index (χ3n) is 5.29. The van der Waals surface area contributed by atoms with Crippen LogP contribution >= 0.6 is 11.3 Å². The van der Waals surface area contributed by atoms with Crippen LogP contribution in [0.25, 0.3) is 20.9 Å². The Bertz CT molecular complexity index is 1430. The van der Waals surface area contributed by atoms with Crippen molar-refractivity contribution in [2.45, 2.75) is 11.6 Å². The van der Waals surface area contributed by atoms with E-state index < -0.39 is 10.0 Å². The molecule has 160 valence electrons. The molecule has 3 heterocycles. The standard InChI is InChI=1S/C24H19N3O3S2/c1-27-15-18-13-17(8-9-20(18)24(27)28)22-11-10-21(31-22)16-5-4-6-19(14-16)26-32(29,30)23-7-2-3-12-25-23/h2-14,26H,15H2,1H3. The average Bonchev–Trinajstić information content (AvgIpc) is 3.39. The molecule has 4 aromatic rings. The number of nitrogens with zero attached hydrogens (tertiary/aromatic N) is 2. The van der Waals surface area contributed by atoms with Gasteiger partial charge in [0.15, 0.2) is 5.03 Å². The van der Waals surface area contributed by atoms with Gasteiger partial charge in [0.1, 0.15) is 0 Å². The number of hydrogen-bond acceptors (Lipinski definition) is 5. The van der Waals surface area contributed by atoms with E-state index in [0.29, 0.717) is 12.2 Å². The van der Waals surface area contributed by atoms with Crippen LogP contribution in [0.5, 0.6) is 0 Å². The topological polar surface area (TPSA) is 79.4 Å². The lowest BCUT2D eigenvalue weighted by molar-refractivity contribution is 0.0816. The maximum Gasteiger partial charge on any atom is 0.279 e. The van der Waals surface area contributed by atoms with E-state index in [0.717, 1.165) is 32.0 Å². The number of aromatic nitrogens is 1. The van der Waals surface area contributed by atoms with Gasteiger partial charge in [0.2, 0.25) is 0 Å². The highest BCUT2D eigenvalue weighted by Crippen LogP contribution is 2.37. The number of sulfonamides is 1. The Labute approximate surface area is 190 Å². The quantitative estimate of drug-likeness (QED) is 0.460. The number of anilines is 1. The molecule has 0 fully saturated rings. The molecule has 6 nitrogen and oxygen atoms in total. The molecule has 0 atom stereocenters. The summed E-state index contributed by atoms with van der Waals surface area (Å²) in [5.41, 5.74) is 4.26. The molecule has 1 aliphatic rings. The monoisotopic (exact) mass is 461 g/mol. The number of carbonyl (C=O) groups excluding carboxylic acids is 1. The van der Waals surface area contributed by atoms with Crippen LogP contribution < -0.4 is 4.72 Å². The van der Waals surface area contributed by atoms with E-state index in [2.05, 4.69) is 15.8 Å². The molecular formula is C24H19N3O3S2. The van der Waals surface area contributed by atoms with Crippen LogP contribution in [-0.2, 0) is 16.6 Å². The van der Waals surface area contributed by atoms with Crippen molar-refractivity contribution in [2.75, 3.05) is 11.8 Å². The average molecular weight is 462 g/mol. The van der Waals surface area contributed by atoms with Gasteiger partial charge in [-0.25, -0.2) is 4.98 Å². The zero-order valence-corrected chi connectivity index (χ0v) is 18.8. The SMILES string of the molecule is CN1Cc2cc(-c3ccc(-c4cccc(NS(=O)(=O)c5ccccn5)c4)s3)ccc2C1=O. The molecule has 0 saturated carbocycles. The van der Waals surface area contributed by atoms with E-state index in [1.807, 2.05) is 42.5 Å². The van der Waals surface area contributed by atoms with Gasteiger partial charge in [-0.05, 0) is 65.2 Å². The Morgan fingerprint density at radius 1 is 0.938 bits per heavy atom. The number of pyridine rings is 1. The Kier molecular flexibility index (Phi) is 5.03. The molecule has 1 N–H and O–H groups in total. The van der Waals surface area contributed by atoms with Crippen molar-refractivity contribution >= 4 is 33.0 Å². The summed E-state index contributed by atoms with van der Waals surface area (Å²) in [7, 11) is -1.95. The number of amides is 1. The summed E-state index contributed by atoms with van der Waals surface area (Å²) < 4.78 is 27.8. The molecule has 0 unspecified atom stereocenters. The Morgan fingerprint density at radius 2 is 1.72 bits per heavy atom. The Balaban J connectivity index is 1.41. The van der Waals surface area contributed by atoms with Gasteiger partial charge in [-0.1, -0.05) is 24.3 Å². The van der Waals surface area contributed by atoms with Crippen molar-refractivity contribution in [1.29, 1.82) is 0 Å². The van der Waals surface area contributed by atoms with Crippen molar-refractivity contribution in [1.82, 2.24) is 9.88 Å². The van der Waals surface area contributed by atoms with Gasteiger partial charge in [0.05, 0.1) is 0 Å². The number of benzene rings is 2.